The molecule has 1 aromatic heterocycles. The summed E-state index contributed by atoms with van der Waals surface area (Å²) >= 11 is 0. The number of carbonyl (C=O) groups excluding carboxylic acids is 1. The maximum absolute atomic E-state index is 12.8. The molecule has 0 aliphatic heterocycles. The quantitative estimate of drug-likeness (QED) is 0.886. The monoisotopic (exact) mass is 283 g/mol. The second-order valence-electron chi connectivity index (χ2n) is 5.84. The van der Waals surface area contributed by atoms with Crippen LogP contribution in [-0.2, 0) is 6.54 Å². The molecule has 4 nitrogen and oxygen atoms in total. The molecule has 1 aromatic carbocycles. The van der Waals surface area contributed by atoms with Crippen LogP contribution in [-0.4, -0.2) is 21.8 Å². The van der Waals surface area contributed by atoms with E-state index in [0.29, 0.717) is 23.8 Å². The van der Waals surface area contributed by atoms with Crippen LogP contribution in [0.5, 0.6) is 0 Å². The van der Waals surface area contributed by atoms with E-state index in [1.807, 2.05) is 23.1 Å². The molecule has 1 fully saturated rings. The summed E-state index contributed by atoms with van der Waals surface area (Å²) in [7, 11) is 0. The molecule has 0 saturated heterocycles. The summed E-state index contributed by atoms with van der Waals surface area (Å²) in [5, 5.41) is 0. The second-order valence-corrected chi connectivity index (χ2v) is 5.84. The van der Waals surface area contributed by atoms with Crippen LogP contribution >= 0.6 is 0 Å². The van der Waals surface area contributed by atoms with E-state index in [2.05, 4.69) is 24.0 Å². The van der Waals surface area contributed by atoms with Crippen LogP contribution in [0.25, 0.3) is 0 Å². The zero-order valence-electron chi connectivity index (χ0n) is 12.3. The van der Waals surface area contributed by atoms with Gasteiger partial charge in [0.15, 0.2) is 0 Å². The maximum atomic E-state index is 12.8. The van der Waals surface area contributed by atoms with Gasteiger partial charge in [0.05, 0.1) is 0 Å². The van der Waals surface area contributed by atoms with Crippen LogP contribution in [0.15, 0.2) is 42.6 Å². The average molecular weight is 283 g/mol. The van der Waals surface area contributed by atoms with Gasteiger partial charge < -0.3 is 15.6 Å². The van der Waals surface area contributed by atoms with E-state index >= 15 is 0 Å². The van der Waals surface area contributed by atoms with Crippen LogP contribution in [0, 0.1) is 5.92 Å². The number of aromatic nitrogens is 1. The lowest BCUT2D eigenvalue weighted by Crippen LogP contribution is -2.39. The third-order valence-electron chi connectivity index (χ3n) is 4.19. The largest absolute Gasteiger partial charge is 0.397 e. The lowest BCUT2D eigenvalue weighted by atomic mass is 10.1. The van der Waals surface area contributed by atoms with E-state index in [-0.39, 0.29) is 11.9 Å². The predicted octanol–water partition coefficient (Wildman–Crippen LogP) is 3.04. The highest BCUT2D eigenvalue weighted by atomic mass is 16.2. The van der Waals surface area contributed by atoms with Crippen molar-refractivity contribution in [1.82, 2.24) is 9.88 Å². The van der Waals surface area contributed by atoms with Gasteiger partial charge in [0, 0.05) is 24.5 Å². The van der Waals surface area contributed by atoms with E-state index < -0.39 is 0 Å². The number of nitrogens with two attached hydrogens (primary N) is 1. The Labute approximate surface area is 125 Å². The number of amides is 1. The van der Waals surface area contributed by atoms with Gasteiger partial charge in [-0.2, -0.15) is 0 Å². The molecule has 3 rings (SSSR count). The summed E-state index contributed by atoms with van der Waals surface area (Å²) in [4.78, 5) is 17.7. The van der Waals surface area contributed by atoms with Crippen molar-refractivity contribution in [2.75, 3.05) is 5.73 Å². The zero-order valence-corrected chi connectivity index (χ0v) is 12.3. The Hall–Kier alpha value is -2.23. The van der Waals surface area contributed by atoms with Crippen LogP contribution in [0.4, 0.5) is 5.69 Å². The highest BCUT2D eigenvalue weighted by molar-refractivity contribution is 5.93. The summed E-state index contributed by atoms with van der Waals surface area (Å²) in [6, 6.07) is 12.1. The van der Waals surface area contributed by atoms with Crippen molar-refractivity contribution in [3.05, 3.63) is 53.9 Å². The number of H-pyrrole nitrogens is 1. The van der Waals surface area contributed by atoms with Crippen molar-refractivity contribution in [3.63, 3.8) is 0 Å². The number of anilines is 1. The van der Waals surface area contributed by atoms with Gasteiger partial charge in [-0.25, -0.2) is 0 Å². The average Bonchev–Trinajstić information content (AvgIpc) is 3.26. The highest BCUT2D eigenvalue weighted by Gasteiger charge is 2.34. The fourth-order valence-corrected chi connectivity index (χ4v) is 2.70. The summed E-state index contributed by atoms with van der Waals surface area (Å²) in [5.41, 5.74) is 8.03. The van der Waals surface area contributed by atoms with Gasteiger partial charge >= 0.3 is 0 Å². The number of rotatable bonds is 5. The van der Waals surface area contributed by atoms with E-state index in [4.69, 9.17) is 5.73 Å². The minimum absolute atomic E-state index is 0.0231. The molecular weight excluding hydrogens is 262 g/mol. The first-order valence-electron chi connectivity index (χ1n) is 7.44. The van der Waals surface area contributed by atoms with Crippen molar-refractivity contribution < 1.29 is 4.79 Å². The van der Waals surface area contributed by atoms with Gasteiger partial charge in [-0.05, 0) is 37.3 Å². The molecule has 4 heteroatoms. The minimum Gasteiger partial charge on any atom is -0.397 e. The third kappa shape index (κ3) is 3.10. The van der Waals surface area contributed by atoms with E-state index in [1.54, 1.807) is 12.3 Å². The molecule has 3 N–H and O–H groups in total. The molecule has 2 aromatic rings. The van der Waals surface area contributed by atoms with E-state index in [1.165, 1.54) is 12.8 Å². The molecule has 110 valence electrons. The molecule has 1 aliphatic rings. The molecule has 0 spiro atoms. The van der Waals surface area contributed by atoms with Gasteiger partial charge in [-0.3, -0.25) is 4.79 Å². The maximum Gasteiger partial charge on any atom is 0.270 e. The topological polar surface area (TPSA) is 62.1 Å². The van der Waals surface area contributed by atoms with Gasteiger partial charge in [-0.1, -0.05) is 30.3 Å². The normalized spacial score (nSPS) is 15.7. The number of aromatic amines is 1. The summed E-state index contributed by atoms with van der Waals surface area (Å²) in [5.74, 6) is 0.653. The predicted molar refractivity (Wildman–Crippen MR) is 83.7 cm³/mol. The zero-order chi connectivity index (χ0) is 14.8. The number of nitrogens with one attached hydrogen (secondary N) is 1. The molecule has 1 saturated carbocycles. The van der Waals surface area contributed by atoms with Gasteiger partial charge in [0.1, 0.15) is 5.69 Å². The molecule has 0 radical (unpaired) electrons. The number of nitrogens with zero attached hydrogens (tertiary/aromatic N) is 1. The first kappa shape index (κ1) is 13.7. The number of carbonyl (C=O) groups is 1. The van der Waals surface area contributed by atoms with Crippen molar-refractivity contribution in [1.29, 1.82) is 0 Å². The van der Waals surface area contributed by atoms with Crippen molar-refractivity contribution in [3.8, 4) is 0 Å². The van der Waals surface area contributed by atoms with E-state index in [9.17, 15) is 4.79 Å². The fourth-order valence-electron chi connectivity index (χ4n) is 2.70. The van der Waals surface area contributed by atoms with Gasteiger partial charge in [-0.15, -0.1) is 0 Å². The molecule has 21 heavy (non-hydrogen) atoms. The Bertz CT molecular complexity index is 616. The van der Waals surface area contributed by atoms with Crippen LogP contribution in [0.1, 0.15) is 35.8 Å². The smallest absolute Gasteiger partial charge is 0.270 e. The Morgan fingerprint density at radius 1 is 1.38 bits per heavy atom. The first-order chi connectivity index (χ1) is 10.1. The third-order valence-corrected chi connectivity index (χ3v) is 4.19. The Balaban J connectivity index is 1.83. The highest BCUT2D eigenvalue weighted by Crippen LogP contribution is 2.36. The second kappa shape index (κ2) is 5.64. The molecular formula is C17H21N3O. The molecule has 0 bridgehead atoms. The fraction of sp³-hybridized carbons (Fsp3) is 0.353. The lowest BCUT2D eigenvalue weighted by molar-refractivity contribution is 0.0649. The van der Waals surface area contributed by atoms with Gasteiger partial charge in [0.25, 0.3) is 5.91 Å². The van der Waals surface area contributed by atoms with Crippen molar-refractivity contribution in [2.24, 2.45) is 5.92 Å². The van der Waals surface area contributed by atoms with E-state index in [0.717, 1.165) is 5.56 Å². The first-order valence-corrected chi connectivity index (χ1v) is 7.44. The van der Waals surface area contributed by atoms with Gasteiger partial charge in [0.2, 0.25) is 0 Å². The molecule has 1 atom stereocenters. The summed E-state index contributed by atoms with van der Waals surface area (Å²) in [6.45, 7) is 2.78. The van der Waals surface area contributed by atoms with Crippen LogP contribution in [0.2, 0.25) is 0 Å². The summed E-state index contributed by atoms with van der Waals surface area (Å²) in [6.07, 6.45) is 4.09. The SMILES string of the molecule is CC(C1CC1)N(Cc1ccccc1)C(=O)c1cc(N)c[nH]1. The molecule has 1 heterocycles. The Morgan fingerprint density at radius 2 is 2.10 bits per heavy atom. The molecule has 1 unspecified atom stereocenters. The Morgan fingerprint density at radius 3 is 2.67 bits per heavy atom. The van der Waals surface area contributed by atoms with Crippen molar-refractivity contribution >= 4 is 11.6 Å². The summed E-state index contributed by atoms with van der Waals surface area (Å²) < 4.78 is 0. The Kier molecular flexibility index (Phi) is 3.69. The van der Waals surface area contributed by atoms with Crippen molar-refractivity contribution in [2.45, 2.75) is 32.4 Å². The number of nitrogen functional groups attached to an aromatic ring is 1. The number of hydrogen-bond acceptors (Lipinski definition) is 2. The molecule has 1 aliphatic carbocycles. The standard InChI is InChI=1S/C17H21N3O/c1-12(14-7-8-14)20(11-13-5-3-2-4-6-13)17(21)16-9-15(18)10-19-16/h2-6,9-10,12,14,19H,7-8,11,18H2,1H3. The van der Waals surface area contributed by atoms with Crippen LogP contribution in [0.3, 0.4) is 0 Å². The van der Waals surface area contributed by atoms with Crippen LogP contribution < -0.4 is 5.73 Å². The minimum atomic E-state index is 0.0231. The number of hydrogen-bond donors (Lipinski definition) is 2. The molecule has 1 amide bonds. The lowest BCUT2D eigenvalue weighted by Gasteiger charge is -2.29. The number of benzene rings is 1.